The van der Waals surface area contributed by atoms with Gasteiger partial charge in [0.1, 0.15) is 11.5 Å². The van der Waals surface area contributed by atoms with Crippen LogP contribution in [0.1, 0.15) is 142 Å². The van der Waals surface area contributed by atoms with Crippen LogP contribution in [-0.2, 0) is 22.7 Å². The molecule has 0 amide bonds. The minimum absolute atomic E-state index is 0.00253. The first kappa shape index (κ1) is 36.8. The Morgan fingerprint density at radius 3 is 1.15 bits per heavy atom. The van der Waals surface area contributed by atoms with Crippen LogP contribution in [-0.4, -0.2) is 25.4 Å². The van der Waals surface area contributed by atoms with E-state index in [-0.39, 0.29) is 12.2 Å². The van der Waals surface area contributed by atoms with Gasteiger partial charge in [0.15, 0.2) is 0 Å². The Morgan fingerprint density at radius 1 is 0.500 bits per heavy atom. The molecule has 4 nitrogen and oxygen atoms in total. The van der Waals surface area contributed by atoms with Gasteiger partial charge in [0, 0.05) is 0 Å². The fraction of sp³-hybridized carbons (Fsp3) is 0.714. The average molecular weight is 635 g/mol. The zero-order valence-corrected chi connectivity index (χ0v) is 29.9. The van der Waals surface area contributed by atoms with Gasteiger partial charge in [-0.15, -0.1) is 0 Å². The van der Waals surface area contributed by atoms with E-state index in [0.29, 0.717) is 13.2 Å². The molecular weight excluding hydrogens is 568 g/mol. The predicted octanol–water partition coefficient (Wildman–Crippen LogP) is 11.7. The maximum atomic E-state index is 6.15. The number of benzene rings is 2. The van der Waals surface area contributed by atoms with Crippen LogP contribution in [0.3, 0.4) is 0 Å². The Labute approximate surface area is 282 Å². The molecular formula is C42H66O4. The maximum Gasteiger partial charge on any atom is 0.119 e. The Bertz CT molecular complexity index is 949. The molecule has 0 heterocycles. The second-order valence-corrected chi connectivity index (χ2v) is 14.7. The SMILES string of the molecule is CCC[C@H]1CC[C@H](CCCOc2ccc(CO[C@H](C)[C@@H](C)OCc3ccc(OCCC[C@H]4CC[C@H](CCC)CC4)cc3)cc2)CC1. The summed E-state index contributed by atoms with van der Waals surface area (Å²) in [6.45, 7) is 11.6. The fourth-order valence-corrected chi connectivity index (χ4v) is 7.65. The summed E-state index contributed by atoms with van der Waals surface area (Å²) in [7, 11) is 0. The van der Waals surface area contributed by atoms with Crippen molar-refractivity contribution in [1.82, 2.24) is 0 Å². The molecule has 0 N–H and O–H groups in total. The van der Waals surface area contributed by atoms with Gasteiger partial charge in [0.2, 0.25) is 0 Å². The third kappa shape index (κ3) is 13.6. The van der Waals surface area contributed by atoms with Gasteiger partial charge in [-0.25, -0.2) is 0 Å². The van der Waals surface area contributed by atoms with Crippen molar-refractivity contribution in [2.45, 2.75) is 156 Å². The zero-order valence-electron chi connectivity index (χ0n) is 29.9. The van der Waals surface area contributed by atoms with Crippen molar-refractivity contribution < 1.29 is 18.9 Å². The molecule has 4 rings (SSSR count). The van der Waals surface area contributed by atoms with Crippen LogP contribution < -0.4 is 9.47 Å². The largest absolute Gasteiger partial charge is 0.494 e. The molecule has 0 aliphatic heterocycles. The van der Waals surface area contributed by atoms with Crippen molar-refractivity contribution in [3.8, 4) is 11.5 Å². The van der Waals surface area contributed by atoms with E-state index in [1.165, 1.54) is 89.9 Å². The van der Waals surface area contributed by atoms with Gasteiger partial charge in [-0.3, -0.25) is 0 Å². The van der Waals surface area contributed by atoms with Gasteiger partial charge in [0.25, 0.3) is 0 Å². The molecule has 0 saturated heterocycles. The van der Waals surface area contributed by atoms with Gasteiger partial charge < -0.3 is 18.9 Å². The quantitative estimate of drug-likeness (QED) is 0.128. The summed E-state index contributed by atoms with van der Waals surface area (Å²) in [4.78, 5) is 0. The van der Waals surface area contributed by atoms with Crippen LogP contribution in [0.25, 0.3) is 0 Å². The Hall–Kier alpha value is -2.04. The lowest BCUT2D eigenvalue weighted by Crippen LogP contribution is -2.26. The molecule has 2 aliphatic rings. The topological polar surface area (TPSA) is 36.9 Å². The van der Waals surface area contributed by atoms with Crippen LogP contribution in [0, 0.1) is 23.7 Å². The summed E-state index contributed by atoms with van der Waals surface area (Å²) in [5.74, 6) is 5.72. The number of hydrogen-bond acceptors (Lipinski definition) is 4. The lowest BCUT2D eigenvalue weighted by molar-refractivity contribution is -0.0687. The summed E-state index contributed by atoms with van der Waals surface area (Å²) in [5.41, 5.74) is 2.32. The minimum Gasteiger partial charge on any atom is -0.494 e. The molecule has 0 bridgehead atoms. The molecule has 0 radical (unpaired) electrons. The lowest BCUT2D eigenvalue weighted by atomic mass is 9.78. The maximum absolute atomic E-state index is 6.15. The molecule has 2 saturated carbocycles. The van der Waals surface area contributed by atoms with E-state index in [0.717, 1.165) is 72.4 Å². The standard InChI is InChI=1S/C42H66O4/c1-5-9-35-13-17-37(18-14-35)11-7-29-43-41-25-21-39(22-26-41)31-45-33(3)34(4)46-32-40-23-27-42(28-24-40)44-30-8-12-38-19-15-36(10-6-2)16-20-38/h21-28,33-38H,5-20,29-32H2,1-4H3/t33-,34-,35-,36-,37-,38-/m1/s1. The highest BCUT2D eigenvalue weighted by Gasteiger charge is 2.21. The van der Waals surface area contributed by atoms with E-state index in [4.69, 9.17) is 18.9 Å². The van der Waals surface area contributed by atoms with Crippen molar-refractivity contribution in [3.05, 3.63) is 59.7 Å². The van der Waals surface area contributed by atoms with Crippen molar-refractivity contribution in [3.63, 3.8) is 0 Å². The van der Waals surface area contributed by atoms with E-state index in [2.05, 4.69) is 76.2 Å². The molecule has 2 aromatic rings. The second-order valence-electron chi connectivity index (χ2n) is 14.7. The summed E-state index contributed by atoms with van der Waals surface area (Å²) in [5, 5.41) is 0. The first-order valence-corrected chi connectivity index (χ1v) is 19.2. The van der Waals surface area contributed by atoms with Gasteiger partial charge >= 0.3 is 0 Å². The number of hydrogen-bond donors (Lipinski definition) is 0. The summed E-state index contributed by atoms with van der Waals surface area (Å²) >= 11 is 0. The van der Waals surface area contributed by atoms with Crippen LogP contribution in [0.4, 0.5) is 0 Å². The zero-order chi connectivity index (χ0) is 32.4. The molecule has 0 unspecified atom stereocenters. The minimum atomic E-state index is -0.00253. The van der Waals surface area contributed by atoms with E-state index in [9.17, 15) is 0 Å². The van der Waals surface area contributed by atoms with Crippen molar-refractivity contribution >= 4 is 0 Å². The van der Waals surface area contributed by atoms with Gasteiger partial charge in [-0.05, 0) is 98.6 Å². The smallest absolute Gasteiger partial charge is 0.119 e. The molecule has 46 heavy (non-hydrogen) atoms. The van der Waals surface area contributed by atoms with Gasteiger partial charge in [-0.1, -0.05) is 115 Å². The van der Waals surface area contributed by atoms with Gasteiger partial charge in [0.05, 0.1) is 38.6 Å². The molecule has 2 aromatic carbocycles. The van der Waals surface area contributed by atoms with E-state index in [1.54, 1.807) is 0 Å². The van der Waals surface area contributed by atoms with Crippen molar-refractivity contribution in [1.29, 1.82) is 0 Å². The summed E-state index contributed by atoms with van der Waals surface area (Å²) in [6, 6.07) is 16.8. The third-order valence-electron chi connectivity index (χ3n) is 10.9. The van der Waals surface area contributed by atoms with E-state index in [1.807, 2.05) is 0 Å². The van der Waals surface area contributed by atoms with Crippen molar-refractivity contribution in [2.24, 2.45) is 23.7 Å². The van der Waals surface area contributed by atoms with Crippen LogP contribution in [0.15, 0.2) is 48.5 Å². The molecule has 2 fully saturated rings. The lowest BCUT2D eigenvalue weighted by Gasteiger charge is -2.28. The van der Waals surface area contributed by atoms with E-state index >= 15 is 0 Å². The Morgan fingerprint density at radius 2 is 0.826 bits per heavy atom. The van der Waals surface area contributed by atoms with Crippen LogP contribution in [0.2, 0.25) is 0 Å². The Kier molecular flexibility index (Phi) is 16.8. The van der Waals surface area contributed by atoms with Crippen LogP contribution in [0.5, 0.6) is 11.5 Å². The third-order valence-corrected chi connectivity index (χ3v) is 10.9. The normalized spacial score (nSPS) is 23.1. The number of rotatable bonds is 21. The fourth-order valence-electron chi connectivity index (χ4n) is 7.65. The monoisotopic (exact) mass is 634 g/mol. The van der Waals surface area contributed by atoms with E-state index < -0.39 is 0 Å². The Balaban J connectivity index is 1.03. The number of ether oxygens (including phenoxy) is 4. The predicted molar refractivity (Wildman–Crippen MR) is 192 cm³/mol. The molecule has 0 spiro atoms. The average Bonchev–Trinajstić information content (AvgIpc) is 3.09. The highest BCUT2D eigenvalue weighted by molar-refractivity contribution is 5.27. The van der Waals surface area contributed by atoms with Crippen LogP contribution >= 0.6 is 0 Å². The molecule has 0 aromatic heterocycles. The first-order valence-electron chi connectivity index (χ1n) is 19.2. The highest BCUT2D eigenvalue weighted by Crippen LogP contribution is 2.35. The first-order chi connectivity index (χ1) is 22.5. The second kappa shape index (κ2) is 21.0. The molecule has 2 aliphatic carbocycles. The molecule has 2 atom stereocenters. The summed E-state index contributed by atoms with van der Waals surface area (Å²) < 4.78 is 24.4. The molecule has 258 valence electrons. The molecule has 4 heteroatoms. The highest BCUT2D eigenvalue weighted by atomic mass is 16.5. The van der Waals surface area contributed by atoms with Crippen molar-refractivity contribution in [2.75, 3.05) is 13.2 Å². The summed E-state index contributed by atoms with van der Waals surface area (Å²) in [6.07, 6.45) is 21.9. The van der Waals surface area contributed by atoms with Gasteiger partial charge in [-0.2, -0.15) is 0 Å².